The lowest BCUT2D eigenvalue weighted by Gasteiger charge is -2.34. The minimum absolute atomic E-state index is 0.0309. The first kappa shape index (κ1) is 23.0. The molecule has 0 atom stereocenters. The van der Waals surface area contributed by atoms with E-state index in [9.17, 15) is 27.6 Å². The normalized spacial score (nSPS) is 18.8. The number of benzene rings is 2. The van der Waals surface area contributed by atoms with E-state index >= 15 is 0 Å². The highest BCUT2D eigenvalue weighted by molar-refractivity contribution is 7.89. The number of anilines is 2. The van der Waals surface area contributed by atoms with Crippen LogP contribution in [-0.4, -0.2) is 74.0 Å². The van der Waals surface area contributed by atoms with Crippen molar-refractivity contribution in [3.8, 4) is 5.75 Å². The maximum absolute atomic E-state index is 13.1. The fourth-order valence-corrected chi connectivity index (χ4v) is 5.75. The number of hydrogen-bond donors (Lipinski definition) is 1. The molecule has 5 rings (SSSR count). The van der Waals surface area contributed by atoms with Gasteiger partial charge in [0.15, 0.2) is 6.61 Å². The number of carbonyl (C=O) groups is 4. The summed E-state index contributed by atoms with van der Waals surface area (Å²) in [5.41, 5.74) is 1.11. The Labute approximate surface area is 201 Å². The second kappa shape index (κ2) is 8.78. The summed E-state index contributed by atoms with van der Waals surface area (Å²) in [6.45, 7) is 0.513. The second-order valence-corrected chi connectivity index (χ2v) is 10.3. The Balaban J connectivity index is 1.24. The van der Waals surface area contributed by atoms with Gasteiger partial charge in [-0.25, -0.2) is 8.42 Å². The summed E-state index contributed by atoms with van der Waals surface area (Å²) >= 11 is 0. The van der Waals surface area contributed by atoms with Crippen molar-refractivity contribution in [3.63, 3.8) is 0 Å². The molecule has 35 heavy (non-hydrogen) atoms. The molecule has 2 aromatic rings. The van der Waals surface area contributed by atoms with Gasteiger partial charge in [-0.1, -0.05) is 0 Å². The van der Waals surface area contributed by atoms with Crippen LogP contribution >= 0.6 is 0 Å². The summed E-state index contributed by atoms with van der Waals surface area (Å²) in [5, 5.41) is 2.60. The van der Waals surface area contributed by atoms with Crippen molar-refractivity contribution in [1.29, 1.82) is 0 Å². The van der Waals surface area contributed by atoms with Crippen LogP contribution in [0.25, 0.3) is 0 Å². The molecule has 0 aliphatic carbocycles. The summed E-state index contributed by atoms with van der Waals surface area (Å²) in [7, 11) is -3.83. The molecule has 0 bridgehead atoms. The average Bonchev–Trinajstić information content (AvgIpc) is 3.21. The molecule has 3 heterocycles. The van der Waals surface area contributed by atoms with Crippen molar-refractivity contribution in [3.05, 3.63) is 48.0 Å². The van der Waals surface area contributed by atoms with E-state index in [2.05, 4.69) is 5.32 Å². The monoisotopic (exact) mass is 498 g/mol. The molecular weight excluding hydrogens is 476 g/mol. The number of rotatable bonds is 4. The van der Waals surface area contributed by atoms with Crippen molar-refractivity contribution in [1.82, 2.24) is 9.21 Å². The zero-order chi connectivity index (χ0) is 24.7. The van der Waals surface area contributed by atoms with Crippen LogP contribution in [0.4, 0.5) is 11.4 Å². The molecule has 2 saturated heterocycles. The number of fused-ring (bicyclic) bond motifs is 1. The van der Waals surface area contributed by atoms with Gasteiger partial charge < -0.3 is 15.0 Å². The van der Waals surface area contributed by atoms with Gasteiger partial charge in [0.1, 0.15) is 5.75 Å². The molecule has 11 nitrogen and oxygen atoms in total. The average molecular weight is 499 g/mol. The van der Waals surface area contributed by atoms with E-state index in [1.807, 2.05) is 0 Å². The SMILES string of the molecule is O=C1COc2ccc(S(=O)(=O)N3CCN(C(=O)c4ccc(N5C(=O)CCC5=O)cc4)CC3)cc2N1. The molecular formula is C23H22N4O7S. The van der Waals surface area contributed by atoms with E-state index in [1.165, 1.54) is 22.5 Å². The van der Waals surface area contributed by atoms with Gasteiger partial charge in [0.05, 0.1) is 16.3 Å². The van der Waals surface area contributed by atoms with Crippen molar-refractivity contribution in [2.75, 3.05) is 43.0 Å². The molecule has 12 heteroatoms. The van der Waals surface area contributed by atoms with Gasteiger partial charge in [0.2, 0.25) is 21.8 Å². The lowest BCUT2D eigenvalue weighted by molar-refractivity contribution is -0.121. The molecule has 0 saturated carbocycles. The Morgan fingerprint density at radius 3 is 2.20 bits per heavy atom. The molecule has 2 aromatic carbocycles. The molecule has 0 radical (unpaired) electrons. The van der Waals surface area contributed by atoms with Crippen LogP contribution < -0.4 is 15.0 Å². The molecule has 4 amide bonds. The van der Waals surface area contributed by atoms with Crippen molar-refractivity contribution in [2.24, 2.45) is 0 Å². The summed E-state index contributed by atoms with van der Waals surface area (Å²) in [6, 6.07) is 10.6. The Morgan fingerprint density at radius 2 is 1.54 bits per heavy atom. The van der Waals surface area contributed by atoms with Gasteiger partial charge in [-0.05, 0) is 42.5 Å². The topological polar surface area (TPSA) is 133 Å². The summed E-state index contributed by atoms with van der Waals surface area (Å²) in [4.78, 5) is 51.0. The molecule has 3 aliphatic rings. The first-order chi connectivity index (χ1) is 16.7. The molecule has 0 unspecified atom stereocenters. The second-order valence-electron chi connectivity index (χ2n) is 8.36. The van der Waals surface area contributed by atoms with Crippen LogP contribution in [0, 0.1) is 0 Å². The predicted octanol–water partition coefficient (Wildman–Crippen LogP) is 0.818. The summed E-state index contributed by atoms with van der Waals surface area (Å²) < 4.78 is 32.8. The van der Waals surface area contributed by atoms with Crippen LogP contribution in [0.2, 0.25) is 0 Å². The minimum atomic E-state index is -3.83. The zero-order valence-corrected chi connectivity index (χ0v) is 19.4. The maximum Gasteiger partial charge on any atom is 0.262 e. The molecule has 2 fully saturated rings. The third kappa shape index (κ3) is 4.26. The highest BCUT2D eigenvalue weighted by Crippen LogP contribution is 2.31. The van der Waals surface area contributed by atoms with Gasteiger partial charge in [-0.2, -0.15) is 4.31 Å². The Kier molecular flexibility index (Phi) is 5.77. The first-order valence-electron chi connectivity index (χ1n) is 11.1. The van der Waals surface area contributed by atoms with Crippen molar-refractivity contribution >= 4 is 45.0 Å². The fourth-order valence-electron chi connectivity index (χ4n) is 4.30. The number of imide groups is 1. The van der Waals surface area contributed by atoms with E-state index in [1.54, 1.807) is 29.2 Å². The van der Waals surface area contributed by atoms with Gasteiger partial charge in [-0.15, -0.1) is 0 Å². The van der Waals surface area contributed by atoms with E-state index in [-0.39, 0.29) is 74.2 Å². The highest BCUT2D eigenvalue weighted by Gasteiger charge is 2.33. The number of piperazine rings is 1. The number of nitrogens with one attached hydrogen (secondary N) is 1. The van der Waals surface area contributed by atoms with Gasteiger partial charge in [0.25, 0.3) is 11.8 Å². The van der Waals surface area contributed by atoms with E-state index in [0.717, 1.165) is 4.90 Å². The Bertz CT molecular complexity index is 1320. The van der Waals surface area contributed by atoms with Crippen LogP contribution in [0.3, 0.4) is 0 Å². The third-order valence-electron chi connectivity index (χ3n) is 6.17. The van der Waals surface area contributed by atoms with E-state index < -0.39 is 10.0 Å². The number of amides is 4. The summed E-state index contributed by atoms with van der Waals surface area (Å²) in [6.07, 6.45) is 0.362. The molecule has 0 spiro atoms. The lowest BCUT2D eigenvalue weighted by atomic mass is 10.1. The molecule has 182 valence electrons. The van der Waals surface area contributed by atoms with Crippen LogP contribution in [0.1, 0.15) is 23.2 Å². The van der Waals surface area contributed by atoms with Crippen LogP contribution in [0.5, 0.6) is 5.75 Å². The lowest BCUT2D eigenvalue weighted by Crippen LogP contribution is -2.50. The van der Waals surface area contributed by atoms with E-state index in [0.29, 0.717) is 22.7 Å². The minimum Gasteiger partial charge on any atom is -0.482 e. The number of nitrogens with zero attached hydrogens (tertiary/aromatic N) is 3. The number of ether oxygens (including phenoxy) is 1. The Morgan fingerprint density at radius 1 is 0.886 bits per heavy atom. The fraction of sp³-hybridized carbons (Fsp3) is 0.304. The van der Waals surface area contributed by atoms with Gasteiger partial charge in [-0.3, -0.25) is 24.1 Å². The smallest absolute Gasteiger partial charge is 0.262 e. The van der Waals surface area contributed by atoms with Gasteiger partial charge in [0, 0.05) is 44.6 Å². The van der Waals surface area contributed by atoms with Crippen LogP contribution in [-0.2, 0) is 24.4 Å². The quantitative estimate of drug-likeness (QED) is 0.617. The number of sulfonamides is 1. The third-order valence-corrected chi connectivity index (χ3v) is 8.07. The van der Waals surface area contributed by atoms with Crippen molar-refractivity contribution < 1.29 is 32.3 Å². The largest absolute Gasteiger partial charge is 0.482 e. The first-order valence-corrected chi connectivity index (χ1v) is 12.5. The zero-order valence-electron chi connectivity index (χ0n) is 18.6. The molecule has 0 aromatic heterocycles. The summed E-state index contributed by atoms with van der Waals surface area (Å²) in [5.74, 6) is -0.740. The molecule has 3 aliphatic heterocycles. The Hall–Kier alpha value is -3.77. The maximum atomic E-state index is 13.1. The van der Waals surface area contributed by atoms with Crippen LogP contribution in [0.15, 0.2) is 47.4 Å². The predicted molar refractivity (Wildman–Crippen MR) is 123 cm³/mol. The number of hydrogen-bond acceptors (Lipinski definition) is 7. The standard InChI is InChI=1S/C23H22N4O7S/c28-20-14-34-19-6-5-17(13-18(19)24-20)35(32,33)26-11-9-25(10-12-26)23(31)15-1-3-16(4-2-15)27-21(29)7-8-22(27)30/h1-6,13H,7-12,14H2,(H,24,28). The molecule has 1 N–H and O–H groups in total. The van der Waals surface area contributed by atoms with E-state index in [4.69, 9.17) is 4.74 Å². The highest BCUT2D eigenvalue weighted by atomic mass is 32.2. The van der Waals surface area contributed by atoms with Crippen molar-refractivity contribution in [2.45, 2.75) is 17.7 Å². The van der Waals surface area contributed by atoms with Gasteiger partial charge >= 0.3 is 0 Å². The number of carbonyl (C=O) groups excluding carboxylic acids is 4.